The fraction of sp³-hybridized carbons (Fsp3) is 0.625. The van der Waals surface area contributed by atoms with Gasteiger partial charge in [-0.15, -0.1) is 0 Å². The van der Waals surface area contributed by atoms with Crippen molar-refractivity contribution in [1.82, 2.24) is 4.90 Å². The fourth-order valence-electron chi connectivity index (χ4n) is 2.57. The van der Waals surface area contributed by atoms with Crippen LogP contribution in [0.15, 0.2) is 16.6 Å². The molecule has 0 aromatic heterocycles. The molecule has 0 N–H and O–H groups in total. The Morgan fingerprint density at radius 1 is 1.05 bits per heavy atom. The summed E-state index contributed by atoms with van der Waals surface area (Å²) in [5, 5.41) is 0. The van der Waals surface area contributed by atoms with Crippen LogP contribution in [0.4, 0.5) is 0 Å². The number of halogens is 1. The maximum atomic E-state index is 5.79. The number of ether oxygens (including phenoxy) is 3. The lowest BCUT2D eigenvalue weighted by atomic mass is 10.1. The van der Waals surface area contributed by atoms with E-state index >= 15 is 0 Å². The van der Waals surface area contributed by atoms with Gasteiger partial charge in [0.1, 0.15) is 16.0 Å². The zero-order valence-electron chi connectivity index (χ0n) is 12.9. The van der Waals surface area contributed by atoms with Gasteiger partial charge >= 0.3 is 0 Å². The maximum absolute atomic E-state index is 5.79. The van der Waals surface area contributed by atoms with Gasteiger partial charge in [-0.05, 0) is 59.6 Å². The smallest absolute Gasteiger partial charge is 0.137 e. The van der Waals surface area contributed by atoms with E-state index in [2.05, 4.69) is 20.8 Å². The Hall–Kier alpha value is -0.780. The van der Waals surface area contributed by atoms with Crippen molar-refractivity contribution in [2.75, 3.05) is 40.5 Å². The SMILES string of the molecule is COc1cc(COCCN2CCCCC2)cc(OC)c1Br. The molecule has 118 valence electrons. The van der Waals surface area contributed by atoms with Gasteiger partial charge in [-0.2, -0.15) is 0 Å². The van der Waals surface area contributed by atoms with Gasteiger partial charge in [0.2, 0.25) is 0 Å². The van der Waals surface area contributed by atoms with Crippen LogP contribution in [0.3, 0.4) is 0 Å². The van der Waals surface area contributed by atoms with Crippen molar-refractivity contribution in [3.05, 3.63) is 22.2 Å². The highest BCUT2D eigenvalue weighted by atomic mass is 79.9. The molecule has 1 aliphatic heterocycles. The minimum Gasteiger partial charge on any atom is -0.495 e. The van der Waals surface area contributed by atoms with Crippen molar-refractivity contribution >= 4 is 15.9 Å². The number of likely N-dealkylation sites (tertiary alicyclic amines) is 1. The van der Waals surface area contributed by atoms with Gasteiger partial charge in [-0.1, -0.05) is 6.42 Å². The van der Waals surface area contributed by atoms with Crippen LogP contribution in [0.1, 0.15) is 24.8 Å². The van der Waals surface area contributed by atoms with Crippen LogP contribution in [0.25, 0.3) is 0 Å². The Bertz CT molecular complexity index is 422. The quantitative estimate of drug-likeness (QED) is 0.699. The number of methoxy groups -OCH3 is 2. The second-order valence-electron chi connectivity index (χ2n) is 5.27. The number of nitrogens with zero attached hydrogens (tertiary/aromatic N) is 1. The minimum atomic E-state index is 0.577. The molecule has 1 aromatic rings. The first-order valence-corrected chi connectivity index (χ1v) is 8.24. The second kappa shape index (κ2) is 8.61. The van der Waals surface area contributed by atoms with Gasteiger partial charge < -0.3 is 19.1 Å². The minimum absolute atomic E-state index is 0.577. The second-order valence-corrected chi connectivity index (χ2v) is 6.06. The number of hydrogen-bond acceptors (Lipinski definition) is 4. The molecule has 0 amide bonds. The number of hydrogen-bond donors (Lipinski definition) is 0. The van der Waals surface area contributed by atoms with Crippen LogP contribution in [0, 0.1) is 0 Å². The summed E-state index contributed by atoms with van der Waals surface area (Å²) in [7, 11) is 3.31. The van der Waals surface area contributed by atoms with Crippen LogP contribution in [0.5, 0.6) is 11.5 Å². The van der Waals surface area contributed by atoms with Crippen molar-refractivity contribution in [3.8, 4) is 11.5 Å². The third-order valence-corrected chi connectivity index (χ3v) is 4.56. The van der Waals surface area contributed by atoms with E-state index in [0.29, 0.717) is 6.61 Å². The van der Waals surface area contributed by atoms with Crippen LogP contribution in [0.2, 0.25) is 0 Å². The average Bonchev–Trinajstić information content (AvgIpc) is 2.53. The third-order valence-electron chi connectivity index (χ3n) is 3.77. The van der Waals surface area contributed by atoms with Gasteiger partial charge in [0.05, 0.1) is 27.4 Å². The topological polar surface area (TPSA) is 30.9 Å². The molecule has 0 spiro atoms. The lowest BCUT2D eigenvalue weighted by Gasteiger charge is -2.26. The summed E-state index contributed by atoms with van der Waals surface area (Å²) in [5.74, 6) is 1.54. The van der Waals surface area contributed by atoms with Crippen molar-refractivity contribution in [2.24, 2.45) is 0 Å². The monoisotopic (exact) mass is 357 g/mol. The van der Waals surface area contributed by atoms with Gasteiger partial charge in [0.15, 0.2) is 0 Å². The van der Waals surface area contributed by atoms with Gasteiger partial charge in [0.25, 0.3) is 0 Å². The molecular formula is C16H24BrNO3. The fourth-order valence-corrected chi connectivity index (χ4v) is 3.13. The molecule has 1 heterocycles. The predicted molar refractivity (Wildman–Crippen MR) is 87.2 cm³/mol. The molecule has 1 fully saturated rings. The Kier molecular flexibility index (Phi) is 6.80. The molecule has 1 aromatic carbocycles. The lowest BCUT2D eigenvalue weighted by molar-refractivity contribution is 0.0861. The van der Waals surface area contributed by atoms with Crippen LogP contribution in [-0.2, 0) is 11.3 Å². The van der Waals surface area contributed by atoms with Crippen LogP contribution >= 0.6 is 15.9 Å². The molecule has 0 aliphatic carbocycles. The van der Waals surface area contributed by atoms with E-state index in [-0.39, 0.29) is 0 Å². The van der Waals surface area contributed by atoms with Crippen molar-refractivity contribution in [1.29, 1.82) is 0 Å². The Labute approximate surface area is 135 Å². The molecule has 21 heavy (non-hydrogen) atoms. The molecular weight excluding hydrogens is 334 g/mol. The number of rotatable bonds is 7. The standard InChI is InChI=1S/C16H24BrNO3/c1-19-14-10-13(11-15(20-2)16(14)17)12-21-9-8-18-6-4-3-5-7-18/h10-11H,3-9,12H2,1-2H3. The van der Waals surface area contributed by atoms with Crippen LogP contribution < -0.4 is 9.47 Å². The van der Waals surface area contributed by atoms with Crippen molar-refractivity contribution in [3.63, 3.8) is 0 Å². The zero-order chi connectivity index (χ0) is 15.1. The molecule has 0 unspecified atom stereocenters. The van der Waals surface area contributed by atoms with Gasteiger partial charge in [-0.25, -0.2) is 0 Å². The average molecular weight is 358 g/mol. The van der Waals surface area contributed by atoms with Gasteiger partial charge in [-0.3, -0.25) is 0 Å². The third kappa shape index (κ3) is 4.87. The highest BCUT2D eigenvalue weighted by molar-refractivity contribution is 9.10. The summed E-state index contributed by atoms with van der Waals surface area (Å²) >= 11 is 3.47. The first kappa shape index (κ1) is 16.6. The normalized spacial score (nSPS) is 16.0. The number of piperidine rings is 1. The Morgan fingerprint density at radius 2 is 1.67 bits per heavy atom. The number of benzene rings is 1. The Balaban J connectivity index is 1.82. The van der Waals surface area contributed by atoms with E-state index in [1.54, 1.807) is 14.2 Å². The summed E-state index contributed by atoms with van der Waals surface area (Å²) in [6, 6.07) is 3.96. The maximum Gasteiger partial charge on any atom is 0.137 e. The molecule has 2 rings (SSSR count). The largest absolute Gasteiger partial charge is 0.495 e. The highest BCUT2D eigenvalue weighted by Crippen LogP contribution is 2.35. The molecule has 1 aliphatic rings. The summed E-state index contributed by atoms with van der Waals surface area (Å²) < 4.78 is 17.3. The van der Waals surface area contributed by atoms with E-state index in [0.717, 1.165) is 34.7 Å². The zero-order valence-corrected chi connectivity index (χ0v) is 14.4. The molecule has 0 radical (unpaired) electrons. The summed E-state index contributed by atoms with van der Waals surface area (Å²) in [4.78, 5) is 2.48. The molecule has 4 nitrogen and oxygen atoms in total. The first-order valence-electron chi connectivity index (χ1n) is 7.45. The first-order chi connectivity index (χ1) is 10.2. The molecule has 0 atom stereocenters. The van der Waals surface area contributed by atoms with E-state index < -0.39 is 0 Å². The van der Waals surface area contributed by atoms with E-state index in [1.165, 1.54) is 32.4 Å². The summed E-state index contributed by atoms with van der Waals surface area (Å²) in [6.07, 6.45) is 4.01. The van der Waals surface area contributed by atoms with Gasteiger partial charge in [0, 0.05) is 6.54 Å². The van der Waals surface area contributed by atoms with E-state index in [4.69, 9.17) is 14.2 Å². The Morgan fingerprint density at radius 3 is 2.24 bits per heavy atom. The van der Waals surface area contributed by atoms with E-state index in [1.807, 2.05) is 12.1 Å². The molecule has 1 saturated heterocycles. The summed E-state index contributed by atoms with van der Waals surface area (Å²) in [6.45, 7) is 4.78. The van der Waals surface area contributed by atoms with E-state index in [9.17, 15) is 0 Å². The van der Waals surface area contributed by atoms with Crippen molar-refractivity contribution < 1.29 is 14.2 Å². The summed E-state index contributed by atoms with van der Waals surface area (Å²) in [5.41, 5.74) is 1.06. The van der Waals surface area contributed by atoms with Crippen molar-refractivity contribution in [2.45, 2.75) is 25.9 Å². The lowest BCUT2D eigenvalue weighted by Crippen LogP contribution is -2.32. The molecule has 5 heteroatoms. The molecule has 0 saturated carbocycles. The molecule has 0 bridgehead atoms. The highest BCUT2D eigenvalue weighted by Gasteiger charge is 2.11. The predicted octanol–water partition coefficient (Wildman–Crippen LogP) is 3.47. The van der Waals surface area contributed by atoms with Crippen LogP contribution in [-0.4, -0.2) is 45.4 Å².